The van der Waals surface area contributed by atoms with E-state index in [-0.39, 0.29) is 18.7 Å². The molecular formula is C95H177N7O43+2. The summed E-state index contributed by atoms with van der Waals surface area (Å²) in [4.78, 5) is 79.1. The minimum Gasteiger partial charge on any atom is -0.477 e. The van der Waals surface area contributed by atoms with Crippen LogP contribution in [-0.2, 0) is 95.1 Å². The molecule has 0 radical (unpaired) electrons. The molecule has 40 atom stereocenters. The molecule has 0 spiro atoms. The van der Waals surface area contributed by atoms with Crippen LogP contribution in [0.15, 0.2) is 12.2 Å². The molecule has 50 heteroatoms. The van der Waals surface area contributed by atoms with Crippen LogP contribution in [0.2, 0.25) is 0 Å². The van der Waals surface area contributed by atoms with Gasteiger partial charge in [-0.05, 0) is 33.1 Å². The Kier molecular flexibility index (Phi) is 58.4. The van der Waals surface area contributed by atoms with Crippen LogP contribution in [0.1, 0.15) is 254 Å². The molecule has 7 heterocycles. The highest BCUT2D eigenvalue weighted by Crippen LogP contribution is 2.45. The zero-order valence-corrected chi connectivity index (χ0v) is 85.5. The maximum atomic E-state index is 13.8. The van der Waals surface area contributed by atoms with Gasteiger partial charge in [-0.3, -0.25) is 24.0 Å². The Morgan fingerprint density at radius 1 is 0.393 bits per heavy atom. The molecule has 0 aliphatic carbocycles. The SMILES string of the molecule is CCCCCCCCCCCCC/C=C/[C@H](O)[C@@H](COC1OC(CO)C(OC2OC(CO)C(OC3OC(CO)C(O)C(OC4OC(CO)C(O)C(OC5(C)CC(O)C(NC(C)=O)C([C@H](O)[C@H](O)CO)O5)C4O)C3NC(C)=O)C(OC3(C)CC(O)C(NC(C)=O)C([C@H](O)[C@@H](CO)OC4(C(=O)O)CC(O)C(NC(C)=O)C([C@H](O)[C@H](O)CO)O4)O3)C2O)C(O)C1O)NC(=O)CCCCCCCCCCCCCCCCC.[NH4+].[NH4+]. The van der Waals surface area contributed by atoms with Gasteiger partial charge in [-0.25, -0.2) is 4.79 Å². The van der Waals surface area contributed by atoms with E-state index in [1.807, 2.05) is 0 Å². The second-order valence-corrected chi connectivity index (χ2v) is 39.4. The van der Waals surface area contributed by atoms with Gasteiger partial charge in [-0.15, -0.1) is 0 Å². The zero-order valence-electron chi connectivity index (χ0n) is 85.5. The Morgan fingerprint density at radius 2 is 0.759 bits per heavy atom. The largest absolute Gasteiger partial charge is 0.477 e. The molecule has 32 unspecified atom stereocenters. The molecular weight excluding hydrogens is 1930 g/mol. The molecule has 848 valence electrons. The maximum absolute atomic E-state index is 13.8. The Bertz CT molecular complexity index is 3710. The summed E-state index contributed by atoms with van der Waals surface area (Å²) in [5.41, 5.74) is 0. The Morgan fingerprint density at radius 3 is 1.19 bits per heavy atom. The number of carboxylic acids is 1. The van der Waals surface area contributed by atoms with Crippen molar-refractivity contribution < 1.29 is 213 Å². The average Bonchev–Trinajstić information content (AvgIpc) is 0.751. The van der Waals surface area contributed by atoms with Crippen LogP contribution >= 0.6 is 0 Å². The number of aliphatic hydroxyl groups is 22. The van der Waals surface area contributed by atoms with Crippen LogP contribution in [0.3, 0.4) is 0 Å². The summed E-state index contributed by atoms with van der Waals surface area (Å²) in [6.45, 7) is 1.43. The highest BCUT2D eigenvalue weighted by molar-refractivity contribution is 5.77. The summed E-state index contributed by atoms with van der Waals surface area (Å²) in [7, 11) is 0. The summed E-state index contributed by atoms with van der Waals surface area (Å²) in [6, 6.07) is -8.41. The minimum absolute atomic E-state index is 0. The predicted octanol–water partition coefficient (Wildman–Crippen LogP) is -4.07. The highest BCUT2D eigenvalue weighted by atomic mass is 16.8. The molecule has 7 aliphatic heterocycles. The third-order valence-electron chi connectivity index (χ3n) is 27.4. The minimum atomic E-state index is -3.32. The third kappa shape index (κ3) is 38.3. The standard InChI is InChI=1S/C95H169N5O43.2H3N/c1-9-11-13-15-17-19-21-23-24-26-28-30-32-34-36-38-66(118)100-54(55(112)37-35-33-31-29-27-25-22-20-18-16-14-12-10-2)49-130-89-77(125)76(124)80(64(47-106)133-89)135-91-79(127)87(142-94(8)40-57(114)68(97-51(4)109)85(140-94)75(123)63(46-105)138-95(92(128)129)41-58(115)69(98-52(5)110)84(143-95)72(120)60(117)43-102)81(65(48-107)134-91)136-88-70(99-53(6)111)82(73(121)61(44-103)131-88)137-90-78(126)86(74(122)62(45-104)132-90)141-93(7)39-56(113)67(96-50(3)108)83(139-93)71(119)59(116)42-101;;/h35,37,54-65,67-91,101-107,112-117,119-127H,9-34,36,38-49H2,1-8H3,(H,96,108)(H,97,109)(H,98,110)(H,99,111)(H,100,118)(H,128,129);2*1H3/p+2/b37-35+;;/t54-,55+,56?,57?,58?,59-,60-,61?,62?,63-,64?,65?,67?,68?,69?,70?,71-,72-,73?,74?,75-,76?,77?,78?,79?,80?,81?,82?,83?,84?,85?,86?,87?,88?,89?,90?,91?,93?,94?,95?;;/m1../s1. The summed E-state index contributed by atoms with van der Waals surface area (Å²) >= 11 is 0. The van der Waals surface area contributed by atoms with Crippen LogP contribution in [0.5, 0.6) is 0 Å². The number of quaternary nitrogens is 2. The van der Waals surface area contributed by atoms with Gasteiger partial charge >= 0.3 is 5.97 Å². The summed E-state index contributed by atoms with van der Waals surface area (Å²) in [5, 5.41) is 277. The third-order valence-corrected chi connectivity index (χ3v) is 27.4. The lowest BCUT2D eigenvalue weighted by Crippen LogP contribution is -2.72. The van der Waals surface area contributed by atoms with Gasteiger partial charge < -0.3 is 223 Å². The van der Waals surface area contributed by atoms with Gasteiger partial charge in [0, 0.05) is 53.4 Å². The molecule has 36 N–H and O–H groups in total. The van der Waals surface area contributed by atoms with E-state index in [0.717, 1.165) is 106 Å². The molecule has 50 nitrogen and oxygen atoms in total. The number of aliphatic hydroxyl groups excluding tert-OH is 22. The molecule has 145 heavy (non-hydrogen) atoms. The van der Waals surface area contributed by atoms with Crippen molar-refractivity contribution in [1.82, 2.24) is 38.9 Å². The Hall–Kier alpha value is -4.96. The van der Waals surface area contributed by atoms with E-state index in [1.54, 1.807) is 6.08 Å². The fraction of sp³-hybridized carbons (Fsp3) is 0.916. The van der Waals surface area contributed by atoms with E-state index in [1.165, 1.54) is 102 Å². The van der Waals surface area contributed by atoms with Crippen molar-refractivity contribution in [3.8, 4) is 0 Å². The van der Waals surface area contributed by atoms with Crippen molar-refractivity contribution in [1.29, 1.82) is 0 Å². The van der Waals surface area contributed by atoms with Crippen molar-refractivity contribution in [2.24, 2.45) is 0 Å². The van der Waals surface area contributed by atoms with Crippen molar-refractivity contribution >= 4 is 35.5 Å². The lowest BCUT2D eigenvalue weighted by molar-refractivity contribution is -0.408. The van der Waals surface area contributed by atoms with Gasteiger partial charge in [0.1, 0.15) is 153 Å². The molecule has 7 rings (SSSR count). The lowest BCUT2D eigenvalue weighted by Gasteiger charge is -2.53. The van der Waals surface area contributed by atoms with Gasteiger partial charge in [0.15, 0.2) is 36.7 Å². The van der Waals surface area contributed by atoms with E-state index >= 15 is 0 Å². The van der Waals surface area contributed by atoms with Crippen LogP contribution < -0.4 is 38.9 Å². The van der Waals surface area contributed by atoms with Crippen LogP contribution in [-0.4, -0.2) is 449 Å². The van der Waals surface area contributed by atoms with Gasteiger partial charge in [0.25, 0.3) is 5.79 Å². The second-order valence-electron chi connectivity index (χ2n) is 39.4. The molecule has 7 saturated heterocycles. The van der Waals surface area contributed by atoms with E-state index in [0.29, 0.717) is 12.8 Å². The number of carbonyl (C=O) groups is 6. The fourth-order valence-corrected chi connectivity index (χ4v) is 19.6. The van der Waals surface area contributed by atoms with Crippen molar-refractivity contribution in [3.63, 3.8) is 0 Å². The lowest BCUT2D eigenvalue weighted by atomic mass is 9.87. The van der Waals surface area contributed by atoms with Crippen LogP contribution in [0.25, 0.3) is 0 Å². The number of allylic oxidation sites excluding steroid dienone is 1. The predicted molar refractivity (Wildman–Crippen MR) is 509 cm³/mol. The van der Waals surface area contributed by atoms with Crippen molar-refractivity contribution in [2.75, 3.05) is 52.9 Å². The van der Waals surface area contributed by atoms with Gasteiger partial charge in [-0.1, -0.05) is 180 Å². The number of carbonyl (C=O) groups excluding carboxylic acids is 5. The quantitative estimate of drug-likeness (QED) is 0.0203. The Labute approximate surface area is 846 Å². The number of unbranched alkanes of at least 4 members (excludes halogenated alkanes) is 25. The summed E-state index contributed by atoms with van der Waals surface area (Å²) in [6.07, 6.45) is -38.2. The summed E-state index contributed by atoms with van der Waals surface area (Å²) < 4.78 is 87.0. The summed E-state index contributed by atoms with van der Waals surface area (Å²) in [5.74, 6) is -14.4. The van der Waals surface area contributed by atoms with Gasteiger partial charge in [0.05, 0.1) is 101 Å². The first-order valence-electron chi connectivity index (χ1n) is 51.0. The molecule has 0 aromatic rings. The highest BCUT2D eigenvalue weighted by Gasteiger charge is 2.63. The van der Waals surface area contributed by atoms with Gasteiger partial charge in [-0.2, -0.15) is 0 Å². The number of carboxylic acid groups (broad SMARTS) is 1. The molecule has 0 bridgehead atoms. The molecule has 0 saturated carbocycles. The number of hydrogen-bond acceptors (Lipinski definition) is 42. The second kappa shape index (κ2) is 64.9. The number of nitrogens with one attached hydrogen (secondary N) is 5. The fourth-order valence-electron chi connectivity index (χ4n) is 19.6. The van der Waals surface area contributed by atoms with E-state index < -0.39 is 351 Å². The zero-order chi connectivity index (χ0) is 106. The molecule has 7 aliphatic rings. The maximum Gasteiger partial charge on any atom is 0.364 e. The first kappa shape index (κ1) is 130. The first-order valence-corrected chi connectivity index (χ1v) is 51.0. The van der Waals surface area contributed by atoms with Crippen LogP contribution in [0, 0.1) is 0 Å². The first-order chi connectivity index (χ1) is 68.0. The number of ether oxygens (including phenoxy) is 14. The van der Waals surface area contributed by atoms with Crippen LogP contribution in [0.4, 0.5) is 0 Å². The molecule has 0 aromatic carbocycles. The molecule has 7 fully saturated rings. The topological polar surface area (TPSA) is 830 Å². The normalized spacial score (nSPS) is 35.7. The van der Waals surface area contributed by atoms with E-state index in [2.05, 4.69) is 40.4 Å². The van der Waals surface area contributed by atoms with Crippen molar-refractivity contribution in [3.05, 3.63) is 12.2 Å². The number of rotatable bonds is 64. The van der Waals surface area contributed by atoms with Crippen molar-refractivity contribution in [2.45, 2.75) is 498 Å². The van der Waals surface area contributed by atoms with Gasteiger partial charge in [0.2, 0.25) is 29.5 Å². The number of aliphatic carboxylic acids is 1. The molecule has 5 amide bonds. The molecule has 0 aromatic heterocycles. The smallest absolute Gasteiger partial charge is 0.364 e. The number of amides is 5. The van der Waals surface area contributed by atoms with E-state index in [9.17, 15) is 146 Å². The monoisotopic (exact) mass is 2100 g/mol. The average molecular weight is 2110 g/mol. The Balaban J connectivity index is 0.0000185. The van der Waals surface area contributed by atoms with E-state index in [4.69, 9.17) is 66.3 Å². The number of hydrogen-bond donors (Lipinski definition) is 30.